The lowest BCUT2D eigenvalue weighted by atomic mass is 9.94. The molecule has 3 aromatic carbocycles. The molecule has 0 atom stereocenters. The van der Waals surface area contributed by atoms with Crippen molar-refractivity contribution in [2.45, 2.75) is 58.9 Å². The van der Waals surface area contributed by atoms with Crippen LogP contribution in [-0.2, 0) is 0 Å². The third kappa shape index (κ3) is 3.27. The average molecular weight is 396 g/mol. The monoisotopic (exact) mass is 395 g/mol. The fourth-order valence-electron chi connectivity index (χ4n) is 5.22. The Morgan fingerprint density at radius 3 is 2.30 bits per heavy atom. The zero-order valence-corrected chi connectivity index (χ0v) is 18.6. The minimum atomic E-state index is 0.579. The molecule has 1 heteroatoms. The van der Waals surface area contributed by atoms with Crippen molar-refractivity contribution in [2.75, 3.05) is 0 Å². The molecule has 0 unspecified atom stereocenters. The van der Waals surface area contributed by atoms with Gasteiger partial charge in [-0.25, -0.2) is 0 Å². The minimum absolute atomic E-state index is 0.579. The summed E-state index contributed by atoms with van der Waals surface area (Å²) in [4.78, 5) is 0. The number of hydrogen-bond acceptors (Lipinski definition) is 0. The van der Waals surface area contributed by atoms with Gasteiger partial charge in [0.15, 0.2) is 0 Å². The van der Waals surface area contributed by atoms with E-state index in [1.807, 2.05) is 13.8 Å². The summed E-state index contributed by atoms with van der Waals surface area (Å²) < 4.78 is 2.60. The summed E-state index contributed by atoms with van der Waals surface area (Å²) in [5.41, 5.74) is 3.96. The van der Waals surface area contributed by atoms with Gasteiger partial charge >= 0.3 is 0 Å². The van der Waals surface area contributed by atoms with E-state index in [0.717, 1.165) is 0 Å². The minimum Gasteiger partial charge on any atom is -0.337 e. The molecule has 0 radical (unpaired) electrons. The van der Waals surface area contributed by atoms with E-state index in [1.54, 1.807) is 0 Å². The first-order chi connectivity index (χ1) is 14.8. The van der Waals surface area contributed by atoms with Gasteiger partial charge in [-0.1, -0.05) is 94.3 Å². The molecule has 1 saturated carbocycles. The molecular weight excluding hydrogens is 362 g/mol. The number of hydrogen-bond donors (Lipinski definition) is 0. The van der Waals surface area contributed by atoms with Gasteiger partial charge < -0.3 is 4.57 Å². The standard InChI is InChI=1S/C27H27N.C2H6/c1-3-10-23-24(4-2)28(21-12-6-5-7-13-21)25-18-17-20-16-15-19-11-8-9-14-22(19)26(20)27(23)25;1-2/h3-4,8-11,14-18,21H,2,5-7,12-13H2,1H3;1-2H3/b10-3-;. The molecule has 1 aliphatic rings. The lowest BCUT2D eigenvalue weighted by Gasteiger charge is -2.26. The van der Waals surface area contributed by atoms with Gasteiger partial charge in [-0.2, -0.15) is 0 Å². The summed E-state index contributed by atoms with van der Waals surface area (Å²) in [7, 11) is 0. The van der Waals surface area contributed by atoms with Crippen molar-refractivity contribution in [3.8, 4) is 0 Å². The summed E-state index contributed by atoms with van der Waals surface area (Å²) in [5.74, 6) is 0. The molecule has 1 nitrogen and oxygen atoms in total. The van der Waals surface area contributed by atoms with Gasteiger partial charge in [0.05, 0.1) is 5.52 Å². The van der Waals surface area contributed by atoms with Crippen LogP contribution in [0.5, 0.6) is 0 Å². The topological polar surface area (TPSA) is 4.93 Å². The molecule has 4 aromatic rings. The second kappa shape index (κ2) is 8.92. The average Bonchev–Trinajstić information content (AvgIpc) is 3.14. The van der Waals surface area contributed by atoms with Crippen molar-refractivity contribution in [3.05, 3.63) is 72.4 Å². The number of allylic oxidation sites excluding steroid dienone is 1. The third-order valence-electron chi connectivity index (χ3n) is 6.42. The van der Waals surface area contributed by atoms with Crippen LogP contribution >= 0.6 is 0 Å². The second-order valence-corrected chi connectivity index (χ2v) is 8.01. The molecule has 0 saturated heterocycles. The molecule has 0 amide bonds. The first kappa shape index (κ1) is 20.5. The van der Waals surface area contributed by atoms with Crippen LogP contribution in [0.15, 0.2) is 61.2 Å². The smallest absolute Gasteiger partial charge is 0.0500 e. The summed E-state index contributed by atoms with van der Waals surface area (Å²) >= 11 is 0. The molecular formula is C29H33N. The molecule has 1 aliphatic carbocycles. The zero-order chi connectivity index (χ0) is 21.1. The van der Waals surface area contributed by atoms with Crippen LogP contribution in [0.25, 0.3) is 44.6 Å². The maximum absolute atomic E-state index is 4.21. The van der Waals surface area contributed by atoms with E-state index >= 15 is 0 Å². The maximum Gasteiger partial charge on any atom is 0.0500 e. The largest absolute Gasteiger partial charge is 0.337 e. The summed E-state index contributed by atoms with van der Waals surface area (Å²) in [5, 5.41) is 6.72. The first-order valence-electron chi connectivity index (χ1n) is 11.6. The van der Waals surface area contributed by atoms with E-state index in [0.29, 0.717) is 6.04 Å². The van der Waals surface area contributed by atoms with Crippen molar-refractivity contribution in [1.82, 2.24) is 4.57 Å². The predicted octanol–water partition coefficient (Wildman–Crippen LogP) is 9.16. The fourth-order valence-corrected chi connectivity index (χ4v) is 5.22. The lowest BCUT2D eigenvalue weighted by molar-refractivity contribution is 0.359. The Balaban J connectivity index is 0.00000106. The molecule has 1 aromatic heterocycles. The van der Waals surface area contributed by atoms with Gasteiger partial charge in [-0.3, -0.25) is 0 Å². The lowest BCUT2D eigenvalue weighted by Crippen LogP contribution is -2.14. The van der Waals surface area contributed by atoms with E-state index in [-0.39, 0.29) is 0 Å². The van der Waals surface area contributed by atoms with Crippen LogP contribution in [-0.4, -0.2) is 4.57 Å². The second-order valence-electron chi connectivity index (χ2n) is 8.01. The molecule has 30 heavy (non-hydrogen) atoms. The number of aromatic nitrogens is 1. The Morgan fingerprint density at radius 2 is 1.57 bits per heavy atom. The van der Waals surface area contributed by atoms with Crippen molar-refractivity contribution in [2.24, 2.45) is 0 Å². The predicted molar refractivity (Wildman–Crippen MR) is 135 cm³/mol. The molecule has 1 heterocycles. The van der Waals surface area contributed by atoms with Crippen molar-refractivity contribution in [3.63, 3.8) is 0 Å². The Bertz CT molecular complexity index is 1220. The molecule has 0 spiro atoms. The van der Waals surface area contributed by atoms with Gasteiger partial charge in [0, 0.05) is 22.7 Å². The van der Waals surface area contributed by atoms with Crippen LogP contribution in [0, 0.1) is 0 Å². The highest BCUT2D eigenvalue weighted by atomic mass is 15.0. The number of fused-ring (bicyclic) bond motifs is 5. The van der Waals surface area contributed by atoms with E-state index < -0.39 is 0 Å². The highest BCUT2D eigenvalue weighted by Crippen LogP contribution is 2.42. The summed E-state index contributed by atoms with van der Waals surface area (Å²) in [6, 6.07) is 18.5. The Labute approximate surface area is 180 Å². The van der Waals surface area contributed by atoms with E-state index in [4.69, 9.17) is 0 Å². The van der Waals surface area contributed by atoms with E-state index in [9.17, 15) is 0 Å². The number of benzene rings is 3. The summed E-state index contributed by atoms with van der Waals surface area (Å²) in [6.45, 7) is 10.3. The Morgan fingerprint density at radius 1 is 0.867 bits per heavy atom. The zero-order valence-electron chi connectivity index (χ0n) is 18.6. The quantitative estimate of drug-likeness (QED) is 0.305. The molecule has 0 bridgehead atoms. The van der Waals surface area contributed by atoms with Crippen LogP contribution in [0.4, 0.5) is 0 Å². The SMILES string of the molecule is C=Cc1c(/C=C\C)c2c3c(ccc4ccccc43)ccc2n1C1CCCCC1.CC. The molecule has 154 valence electrons. The Hall–Kier alpha value is -2.80. The van der Waals surface area contributed by atoms with Gasteiger partial charge in [0.1, 0.15) is 0 Å². The molecule has 0 aliphatic heterocycles. The van der Waals surface area contributed by atoms with Crippen LogP contribution in [0.3, 0.4) is 0 Å². The highest BCUT2D eigenvalue weighted by molar-refractivity contribution is 6.22. The van der Waals surface area contributed by atoms with Crippen molar-refractivity contribution in [1.29, 1.82) is 0 Å². The molecule has 0 N–H and O–H groups in total. The van der Waals surface area contributed by atoms with Gasteiger partial charge in [0.2, 0.25) is 0 Å². The van der Waals surface area contributed by atoms with E-state index in [2.05, 4.69) is 84.8 Å². The third-order valence-corrected chi connectivity index (χ3v) is 6.42. The van der Waals surface area contributed by atoms with Crippen LogP contribution in [0.1, 0.15) is 70.2 Å². The van der Waals surface area contributed by atoms with Gasteiger partial charge in [-0.05, 0) is 53.5 Å². The first-order valence-corrected chi connectivity index (χ1v) is 11.6. The molecule has 1 fully saturated rings. The van der Waals surface area contributed by atoms with Crippen molar-refractivity contribution < 1.29 is 0 Å². The fraction of sp³-hybridized carbons (Fsp3) is 0.310. The highest BCUT2D eigenvalue weighted by Gasteiger charge is 2.23. The maximum atomic E-state index is 4.21. The van der Waals surface area contributed by atoms with Gasteiger partial charge in [-0.15, -0.1) is 0 Å². The molecule has 5 rings (SSSR count). The van der Waals surface area contributed by atoms with Crippen molar-refractivity contribution >= 4 is 44.6 Å². The van der Waals surface area contributed by atoms with E-state index in [1.165, 1.54) is 75.8 Å². The van der Waals surface area contributed by atoms with Crippen LogP contribution in [0.2, 0.25) is 0 Å². The summed E-state index contributed by atoms with van der Waals surface area (Å²) in [6.07, 6.45) is 13.1. The number of nitrogens with zero attached hydrogens (tertiary/aromatic N) is 1. The number of rotatable bonds is 3. The van der Waals surface area contributed by atoms with Crippen LogP contribution < -0.4 is 0 Å². The normalized spacial score (nSPS) is 15.0. The van der Waals surface area contributed by atoms with Gasteiger partial charge in [0.25, 0.3) is 0 Å². The Kier molecular flexibility index (Phi) is 6.08.